The Balaban J connectivity index is 1.42. The molecule has 0 bridgehead atoms. The highest BCUT2D eigenvalue weighted by molar-refractivity contribution is 7.99. The molecule has 1 aromatic carbocycles. The largest absolute Gasteiger partial charge is 0.370 e. The highest BCUT2D eigenvalue weighted by Crippen LogP contribution is 2.28. The summed E-state index contributed by atoms with van der Waals surface area (Å²) in [4.78, 5) is 38.6. The van der Waals surface area contributed by atoms with Gasteiger partial charge in [0.1, 0.15) is 0 Å². The standard InChI is InChI=1S/C22H33N5O3S/c23-20(28)12-15-31-19-9-5-4-8-18(19)26-22(30)27-13-10-17(11-14-27)25-21(29)24-16-6-2-1-3-7-16/h4-5,8-9,16-17H,1-3,6-7,10-15H2,(H2,23,28)(H,26,30)(H2,24,25,29). The maximum atomic E-state index is 12.7. The van der Waals surface area contributed by atoms with Gasteiger partial charge >= 0.3 is 12.1 Å². The van der Waals surface area contributed by atoms with Crippen molar-refractivity contribution in [2.45, 2.75) is 68.3 Å². The molecule has 0 spiro atoms. The van der Waals surface area contributed by atoms with Crippen molar-refractivity contribution in [1.82, 2.24) is 15.5 Å². The van der Waals surface area contributed by atoms with Crippen molar-refractivity contribution < 1.29 is 14.4 Å². The van der Waals surface area contributed by atoms with E-state index in [-0.39, 0.29) is 24.0 Å². The van der Waals surface area contributed by atoms with Gasteiger partial charge < -0.3 is 26.6 Å². The third kappa shape index (κ3) is 7.65. The van der Waals surface area contributed by atoms with E-state index in [0.717, 1.165) is 36.3 Å². The van der Waals surface area contributed by atoms with Crippen LogP contribution in [0.1, 0.15) is 51.4 Å². The summed E-state index contributed by atoms with van der Waals surface area (Å²) in [7, 11) is 0. The van der Waals surface area contributed by atoms with Gasteiger partial charge in [0, 0.05) is 42.2 Å². The molecule has 1 heterocycles. The van der Waals surface area contributed by atoms with Crippen LogP contribution in [0.3, 0.4) is 0 Å². The molecular formula is C22H33N5O3S. The number of nitrogens with one attached hydrogen (secondary N) is 3. The summed E-state index contributed by atoms with van der Waals surface area (Å²) >= 11 is 1.50. The molecule has 3 rings (SSSR count). The maximum Gasteiger partial charge on any atom is 0.321 e. The minimum Gasteiger partial charge on any atom is -0.370 e. The second-order valence-corrected chi connectivity index (χ2v) is 9.34. The number of carbonyl (C=O) groups is 3. The van der Waals surface area contributed by atoms with Gasteiger partial charge in [-0.2, -0.15) is 0 Å². The van der Waals surface area contributed by atoms with Gasteiger partial charge in [-0.3, -0.25) is 4.79 Å². The molecule has 1 aliphatic carbocycles. The molecule has 8 nitrogen and oxygen atoms in total. The molecule has 1 saturated heterocycles. The molecule has 0 atom stereocenters. The molecule has 1 aliphatic heterocycles. The number of anilines is 1. The highest BCUT2D eigenvalue weighted by atomic mass is 32.2. The van der Waals surface area contributed by atoms with E-state index in [1.807, 2.05) is 24.3 Å². The van der Waals surface area contributed by atoms with Crippen molar-refractivity contribution >= 4 is 35.4 Å². The quantitative estimate of drug-likeness (QED) is 0.480. The van der Waals surface area contributed by atoms with Gasteiger partial charge in [-0.25, -0.2) is 9.59 Å². The number of hydrogen-bond acceptors (Lipinski definition) is 4. The first kappa shape index (κ1) is 23.2. The van der Waals surface area contributed by atoms with Crippen LogP contribution < -0.4 is 21.7 Å². The monoisotopic (exact) mass is 447 g/mol. The van der Waals surface area contributed by atoms with E-state index < -0.39 is 0 Å². The topological polar surface area (TPSA) is 117 Å². The smallest absolute Gasteiger partial charge is 0.321 e. The third-order valence-electron chi connectivity index (χ3n) is 5.79. The predicted molar refractivity (Wildman–Crippen MR) is 123 cm³/mol. The number of amides is 5. The first-order valence-corrected chi connectivity index (χ1v) is 12.1. The highest BCUT2D eigenvalue weighted by Gasteiger charge is 2.25. The molecule has 31 heavy (non-hydrogen) atoms. The zero-order valence-corrected chi connectivity index (χ0v) is 18.7. The van der Waals surface area contributed by atoms with Crippen molar-refractivity contribution in [3.63, 3.8) is 0 Å². The minimum absolute atomic E-state index is 0.0864. The average molecular weight is 448 g/mol. The molecule has 170 valence electrons. The number of carbonyl (C=O) groups excluding carboxylic acids is 3. The fourth-order valence-corrected chi connectivity index (χ4v) is 5.01. The van der Waals surface area contributed by atoms with E-state index in [4.69, 9.17) is 5.73 Å². The first-order chi connectivity index (χ1) is 15.0. The van der Waals surface area contributed by atoms with Crippen LogP contribution in [0, 0.1) is 0 Å². The predicted octanol–water partition coefficient (Wildman–Crippen LogP) is 3.28. The molecule has 2 fully saturated rings. The summed E-state index contributed by atoms with van der Waals surface area (Å²) in [5.41, 5.74) is 5.93. The lowest BCUT2D eigenvalue weighted by molar-refractivity contribution is -0.117. The number of hydrogen-bond donors (Lipinski definition) is 4. The number of thioether (sulfide) groups is 1. The third-order valence-corrected chi connectivity index (χ3v) is 6.87. The Labute approximate surface area is 188 Å². The lowest BCUT2D eigenvalue weighted by Crippen LogP contribution is -2.51. The van der Waals surface area contributed by atoms with E-state index >= 15 is 0 Å². The van der Waals surface area contributed by atoms with Gasteiger partial charge in [0.15, 0.2) is 0 Å². The Morgan fingerprint density at radius 3 is 2.29 bits per heavy atom. The zero-order chi connectivity index (χ0) is 22.1. The summed E-state index contributed by atoms with van der Waals surface area (Å²) < 4.78 is 0. The fraction of sp³-hybridized carbons (Fsp3) is 0.591. The SMILES string of the molecule is NC(=O)CCSc1ccccc1NC(=O)N1CCC(NC(=O)NC2CCCCC2)CC1. The first-order valence-electron chi connectivity index (χ1n) is 11.1. The summed E-state index contributed by atoms with van der Waals surface area (Å²) in [6.07, 6.45) is 7.53. The van der Waals surface area contributed by atoms with Gasteiger partial charge in [0.25, 0.3) is 0 Å². The number of para-hydroxylation sites is 1. The van der Waals surface area contributed by atoms with E-state index in [1.54, 1.807) is 4.90 Å². The van der Waals surface area contributed by atoms with E-state index in [1.165, 1.54) is 31.0 Å². The molecule has 5 amide bonds. The van der Waals surface area contributed by atoms with Gasteiger partial charge in [-0.1, -0.05) is 31.4 Å². The Morgan fingerprint density at radius 1 is 0.968 bits per heavy atom. The van der Waals surface area contributed by atoms with Crippen LogP contribution in [0.5, 0.6) is 0 Å². The molecule has 0 radical (unpaired) electrons. The van der Waals surface area contributed by atoms with Crippen molar-refractivity contribution in [1.29, 1.82) is 0 Å². The summed E-state index contributed by atoms with van der Waals surface area (Å²) in [5.74, 6) is 0.236. The average Bonchev–Trinajstić information content (AvgIpc) is 2.76. The van der Waals surface area contributed by atoms with Crippen molar-refractivity contribution in [3.05, 3.63) is 24.3 Å². The van der Waals surface area contributed by atoms with Gasteiger partial charge in [-0.05, 0) is 37.8 Å². The van der Waals surface area contributed by atoms with Gasteiger partial charge in [0.2, 0.25) is 5.91 Å². The van der Waals surface area contributed by atoms with Crippen LogP contribution >= 0.6 is 11.8 Å². The number of rotatable bonds is 7. The van der Waals surface area contributed by atoms with Crippen LogP contribution in [0.15, 0.2) is 29.2 Å². The molecule has 0 aromatic heterocycles. The molecule has 5 N–H and O–H groups in total. The maximum absolute atomic E-state index is 12.7. The van der Waals surface area contributed by atoms with Crippen LogP contribution in [0.4, 0.5) is 15.3 Å². The van der Waals surface area contributed by atoms with E-state index in [9.17, 15) is 14.4 Å². The number of urea groups is 2. The number of likely N-dealkylation sites (tertiary alicyclic amines) is 1. The zero-order valence-electron chi connectivity index (χ0n) is 17.9. The Hall–Kier alpha value is -2.42. The fourth-order valence-electron chi connectivity index (χ4n) is 4.04. The Bertz CT molecular complexity index is 761. The van der Waals surface area contributed by atoms with Gasteiger partial charge in [-0.15, -0.1) is 11.8 Å². The second kappa shape index (κ2) is 11.8. The second-order valence-electron chi connectivity index (χ2n) is 8.21. The summed E-state index contributed by atoms with van der Waals surface area (Å²) in [5, 5.41) is 9.13. The number of nitrogens with two attached hydrogens (primary N) is 1. The molecule has 1 saturated carbocycles. The van der Waals surface area contributed by atoms with E-state index in [0.29, 0.717) is 31.3 Å². The number of benzene rings is 1. The molecule has 9 heteroatoms. The summed E-state index contributed by atoms with van der Waals surface area (Å²) in [6, 6.07) is 7.69. The van der Waals surface area contributed by atoms with E-state index in [2.05, 4.69) is 16.0 Å². The van der Waals surface area contributed by atoms with Crippen LogP contribution in [0.2, 0.25) is 0 Å². The Kier molecular flexibility index (Phi) is 8.87. The van der Waals surface area contributed by atoms with Crippen molar-refractivity contribution in [2.75, 3.05) is 24.2 Å². The number of primary amides is 1. The lowest BCUT2D eigenvalue weighted by atomic mass is 9.96. The molecule has 1 aromatic rings. The lowest BCUT2D eigenvalue weighted by Gasteiger charge is -2.33. The van der Waals surface area contributed by atoms with Crippen LogP contribution in [-0.2, 0) is 4.79 Å². The molecular weight excluding hydrogens is 414 g/mol. The van der Waals surface area contributed by atoms with Gasteiger partial charge in [0.05, 0.1) is 5.69 Å². The Morgan fingerprint density at radius 2 is 1.61 bits per heavy atom. The number of nitrogens with zero attached hydrogens (tertiary/aromatic N) is 1. The van der Waals surface area contributed by atoms with Crippen LogP contribution in [-0.4, -0.2) is 53.8 Å². The van der Waals surface area contributed by atoms with Crippen LogP contribution in [0.25, 0.3) is 0 Å². The molecule has 0 unspecified atom stereocenters. The van der Waals surface area contributed by atoms with Crippen molar-refractivity contribution in [3.8, 4) is 0 Å². The molecule has 2 aliphatic rings. The summed E-state index contributed by atoms with van der Waals surface area (Å²) in [6.45, 7) is 1.19. The van der Waals surface area contributed by atoms with Crippen molar-refractivity contribution in [2.24, 2.45) is 5.73 Å². The number of piperidine rings is 1. The minimum atomic E-state index is -0.335. The normalized spacial score (nSPS) is 17.7.